The van der Waals surface area contributed by atoms with Crippen LogP contribution in [0.5, 0.6) is 0 Å². The van der Waals surface area contributed by atoms with Gasteiger partial charge in [0.25, 0.3) is 0 Å². The Morgan fingerprint density at radius 3 is 2.70 bits per heavy atom. The molecule has 1 saturated heterocycles. The molecule has 1 aliphatic carbocycles. The molecule has 4 rings (SSSR count). The topological polar surface area (TPSA) is 33.3 Å². The van der Waals surface area contributed by atoms with Crippen LogP contribution >= 0.6 is 0 Å². The normalized spacial score (nSPS) is 26.5. The van der Waals surface area contributed by atoms with Gasteiger partial charge >= 0.3 is 6.18 Å². The summed E-state index contributed by atoms with van der Waals surface area (Å²) >= 11 is 0. The second kappa shape index (κ2) is 8.69. The molecule has 6 heteroatoms. The lowest BCUT2D eigenvalue weighted by Gasteiger charge is -2.34. The molecule has 0 bridgehead atoms. The third kappa shape index (κ3) is 4.01. The number of ether oxygens (including phenoxy) is 1. The average molecular weight is 419 g/mol. The number of alkyl halides is 3. The minimum atomic E-state index is -4.42. The molecule has 162 valence electrons. The summed E-state index contributed by atoms with van der Waals surface area (Å²) in [5, 5.41) is 7.17. The lowest BCUT2D eigenvalue weighted by atomic mass is 9.91. The Hall–Kier alpha value is -1.89. The molecule has 1 unspecified atom stereocenters. The predicted molar refractivity (Wildman–Crippen MR) is 111 cm³/mol. The van der Waals surface area contributed by atoms with Gasteiger partial charge in [0.15, 0.2) is 5.60 Å². The third-order valence-corrected chi connectivity index (χ3v) is 6.39. The van der Waals surface area contributed by atoms with Crippen LogP contribution in [-0.2, 0) is 23.3 Å². The zero-order chi connectivity index (χ0) is 21.2. The van der Waals surface area contributed by atoms with Gasteiger partial charge in [-0.2, -0.15) is 13.2 Å². The van der Waals surface area contributed by atoms with E-state index in [2.05, 4.69) is 22.8 Å². The molecule has 3 nitrogen and oxygen atoms in total. The Morgan fingerprint density at radius 1 is 1.17 bits per heavy atom. The molecule has 0 aromatic heterocycles. The summed E-state index contributed by atoms with van der Waals surface area (Å²) in [4.78, 5) is 0. The van der Waals surface area contributed by atoms with Crippen LogP contribution in [0.25, 0.3) is 0 Å². The highest BCUT2D eigenvalue weighted by Gasteiger charge is 2.59. The van der Waals surface area contributed by atoms with Crippen LogP contribution in [0.4, 0.5) is 13.2 Å². The van der Waals surface area contributed by atoms with Crippen molar-refractivity contribution in [2.75, 3.05) is 13.2 Å². The summed E-state index contributed by atoms with van der Waals surface area (Å²) in [6.45, 7) is 3.16. The van der Waals surface area contributed by atoms with Crippen molar-refractivity contribution in [3.05, 3.63) is 70.8 Å². The second-order valence-electron chi connectivity index (χ2n) is 8.22. The summed E-state index contributed by atoms with van der Waals surface area (Å²) in [6.07, 6.45) is -1.97. The van der Waals surface area contributed by atoms with Crippen molar-refractivity contribution in [2.24, 2.45) is 0 Å². The van der Waals surface area contributed by atoms with E-state index < -0.39 is 11.8 Å². The smallest absolute Gasteiger partial charge is 0.361 e. The van der Waals surface area contributed by atoms with Crippen LogP contribution in [0.3, 0.4) is 0 Å². The molecule has 0 saturated carbocycles. The van der Waals surface area contributed by atoms with E-state index in [0.29, 0.717) is 13.0 Å². The van der Waals surface area contributed by atoms with Crippen molar-refractivity contribution in [3.63, 3.8) is 0 Å². The van der Waals surface area contributed by atoms with Crippen LogP contribution < -0.4 is 10.6 Å². The molecule has 2 aliphatic rings. The fraction of sp³-hybridized carbons (Fsp3) is 0.500. The van der Waals surface area contributed by atoms with Gasteiger partial charge in [-0.1, -0.05) is 48.5 Å². The zero-order valence-corrected chi connectivity index (χ0v) is 17.3. The van der Waals surface area contributed by atoms with E-state index in [-0.39, 0.29) is 30.7 Å². The number of halogens is 3. The van der Waals surface area contributed by atoms with Crippen molar-refractivity contribution in [3.8, 4) is 0 Å². The third-order valence-electron chi connectivity index (χ3n) is 6.39. The number of benzene rings is 2. The highest BCUT2D eigenvalue weighted by Crippen LogP contribution is 2.51. The van der Waals surface area contributed by atoms with Crippen molar-refractivity contribution in [2.45, 2.75) is 63.0 Å². The Bertz CT molecular complexity index is 851. The summed E-state index contributed by atoms with van der Waals surface area (Å²) in [5.41, 5.74) is 0.951. The van der Waals surface area contributed by atoms with Gasteiger partial charge in [0, 0.05) is 25.2 Å². The molecule has 1 aliphatic heterocycles. The van der Waals surface area contributed by atoms with Gasteiger partial charge in [-0.05, 0) is 61.4 Å². The summed E-state index contributed by atoms with van der Waals surface area (Å²) in [5.74, 6) is 0. The molecule has 3 atom stereocenters. The minimum Gasteiger partial charge on any atom is -0.361 e. The predicted octanol–water partition coefficient (Wildman–Crippen LogP) is 5.01. The van der Waals surface area contributed by atoms with Crippen LogP contribution in [-0.4, -0.2) is 25.4 Å². The summed E-state index contributed by atoms with van der Waals surface area (Å²) < 4.78 is 47.3. The van der Waals surface area contributed by atoms with Crippen LogP contribution in [0, 0.1) is 0 Å². The maximum absolute atomic E-state index is 14.0. The monoisotopic (exact) mass is 418 g/mol. The molecule has 0 spiro atoms. The van der Waals surface area contributed by atoms with Gasteiger partial charge < -0.3 is 15.4 Å². The maximum Gasteiger partial charge on any atom is 0.421 e. The largest absolute Gasteiger partial charge is 0.421 e. The molecule has 1 fully saturated rings. The number of rotatable bonds is 6. The average Bonchev–Trinajstić information content (AvgIpc) is 3.12. The van der Waals surface area contributed by atoms with E-state index in [1.807, 2.05) is 30.3 Å². The molecule has 2 aromatic rings. The molecular weight excluding hydrogens is 389 g/mol. The van der Waals surface area contributed by atoms with Crippen molar-refractivity contribution >= 4 is 0 Å². The highest BCUT2D eigenvalue weighted by molar-refractivity contribution is 5.42. The Kier molecular flexibility index (Phi) is 6.19. The van der Waals surface area contributed by atoms with Crippen molar-refractivity contribution in [1.82, 2.24) is 10.6 Å². The quantitative estimate of drug-likeness (QED) is 0.692. The zero-order valence-electron chi connectivity index (χ0n) is 17.3. The fourth-order valence-corrected chi connectivity index (χ4v) is 4.91. The van der Waals surface area contributed by atoms with E-state index in [4.69, 9.17) is 4.74 Å². The Morgan fingerprint density at radius 2 is 1.97 bits per heavy atom. The SMILES string of the molecule is CCOC1(C(F)(F)F)CCc2ccc(CN[C@H]3CCCN[C@H]3c3ccccc3)cc21. The van der Waals surface area contributed by atoms with Crippen molar-refractivity contribution in [1.29, 1.82) is 0 Å². The van der Waals surface area contributed by atoms with Gasteiger partial charge in [0.2, 0.25) is 0 Å². The highest BCUT2D eigenvalue weighted by atomic mass is 19.4. The number of hydrogen-bond donors (Lipinski definition) is 2. The lowest BCUT2D eigenvalue weighted by Crippen LogP contribution is -2.45. The van der Waals surface area contributed by atoms with E-state index in [9.17, 15) is 13.2 Å². The minimum absolute atomic E-state index is 0.0356. The first-order valence-electron chi connectivity index (χ1n) is 10.8. The van der Waals surface area contributed by atoms with Crippen molar-refractivity contribution < 1.29 is 17.9 Å². The van der Waals surface area contributed by atoms with E-state index in [1.165, 1.54) is 5.56 Å². The van der Waals surface area contributed by atoms with Crippen LogP contribution in [0.2, 0.25) is 0 Å². The molecule has 2 N–H and O–H groups in total. The van der Waals surface area contributed by atoms with Crippen LogP contribution in [0.15, 0.2) is 48.5 Å². The van der Waals surface area contributed by atoms with Gasteiger partial charge in [0.1, 0.15) is 0 Å². The molecule has 30 heavy (non-hydrogen) atoms. The lowest BCUT2D eigenvalue weighted by molar-refractivity contribution is -0.283. The van der Waals surface area contributed by atoms with Gasteiger partial charge in [-0.3, -0.25) is 0 Å². The fourth-order valence-electron chi connectivity index (χ4n) is 4.91. The molecule has 1 heterocycles. The van der Waals surface area contributed by atoms with E-state index >= 15 is 0 Å². The van der Waals surface area contributed by atoms with Crippen LogP contribution in [0.1, 0.15) is 54.5 Å². The number of fused-ring (bicyclic) bond motifs is 1. The molecule has 0 radical (unpaired) electrons. The number of aryl methyl sites for hydroxylation is 1. The van der Waals surface area contributed by atoms with Gasteiger partial charge in [0.05, 0.1) is 0 Å². The molecule has 0 amide bonds. The summed E-state index contributed by atoms with van der Waals surface area (Å²) in [6, 6.07) is 16.2. The molecule has 2 aromatic carbocycles. The second-order valence-corrected chi connectivity index (χ2v) is 8.22. The van der Waals surface area contributed by atoms with Gasteiger partial charge in [-0.15, -0.1) is 0 Å². The maximum atomic E-state index is 14.0. The number of piperidine rings is 1. The first kappa shape index (κ1) is 21.3. The van der Waals surface area contributed by atoms with Gasteiger partial charge in [-0.25, -0.2) is 0 Å². The summed E-state index contributed by atoms with van der Waals surface area (Å²) in [7, 11) is 0. The Balaban J connectivity index is 1.53. The first-order chi connectivity index (χ1) is 14.4. The van der Waals surface area contributed by atoms with E-state index in [0.717, 1.165) is 30.5 Å². The first-order valence-corrected chi connectivity index (χ1v) is 10.8. The number of nitrogens with one attached hydrogen (secondary N) is 2. The molecular formula is C24H29F3N2O. The standard InChI is InChI=1S/C24H29F3N2O/c1-2-30-23(24(25,26)27)13-12-18-11-10-17(15-20(18)23)16-29-21-9-6-14-28-22(21)19-7-4-3-5-8-19/h3-5,7-8,10-11,15,21-22,28-29H,2,6,9,12-14,16H2,1H3/t21-,22-,23?/m0/s1. The van der Waals surface area contributed by atoms with E-state index in [1.54, 1.807) is 13.0 Å². The number of hydrogen-bond acceptors (Lipinski definition) is 3. The Labute approximate surface area is 176 Å².